The van der Waals surface area contributed by atoms with Crippen LogP contribution in [-0.4, -0.2) is 37.1 Å². The zero-order valence-corrected chi connectivity index (χ0v) is 13.0. The summed E-state index contributed by atoms with van der Waals surface area (Å²) in [7, 11) is 0. The largest absolute Gasteiger partial charge is 0.375 e. The lowest BCUT2D eigenvalue weighted by Crippen LogP contribution is -2.20. The number of hydrogen-bond acceptors (Lipinski definition) is 5. The van der Waals surface area contributed by atoms with Crippen molar-refractivity contribution >= 4 is 22.4 Å². The van der Waals surface area contributed by atoms with Crippen LogP contribution in [0, 0.1) is 0 Å². The van der Waals surface area contributed by atoms with Crippen LogP contribution in [0.3, 0.4) is 0 Å². The molecule has 0 saturated carbocycles. The summed E-state index contributed by atoms with van der Waals surface area (Å²) in [6.45, 7) is 4.33. The fourth-order valence-electron chi connectivity index (χ4n) is 1.53. The van der Waals surface area contributed by atoms with Gasteiger partial charge in [0.25, 0.3) is 6.43 Å². The van der Waals surface area contributed by atoms with E-state index in [9.17, 15) is 13.6 Å². The molecule has 1 rings (SSSR count). The minimum Gasteiger partial charge on any atom is -0.375 e. The minimum atomic E-state index is -2.51. The number of carbonyl (C=O) groups excluding carboxylic acids is 1. The van der Waals surface area contributed by atoms with E-state index in [1.165, 1.54) is 11.3 Å². The Morgan fingerprint density at radius 3 is 2.95 bits per heavy atom. The third-order valence-corrected chi connectivity index (χ3v) is 3.41. The summed E-state index contributed by atoms with van der Waals surface area (Å²) in [5.41, 5.74) is 0.873. The number of ether oxygens (including phenoxy) is 1. The van der Waals surface area contributed by atoms with E-state index < -0.39 is 13.0 Å². The number of rotatable bonds is 10. The van der Waals surface area contributed by atoms with Crippen molar-refractivity contribution in [3.8, 4) is 0 Å². The van der Waals surface area contributed by atoms with E-state index in [4.69, 9.17) is 0 Å². The van der Waals surface area contributed by atoms with E-state index in [-0.39, 0.29) is 25.0 Å². The maximum absolute atomic E-state index is 11.8. The van der Waals surface area contributed by atoms with Crippen LogP contribution >= 0.6 is 11.3 Å². The molecular weight excluding hydrogens is 300 g/mol. The summed E-state index contributed by atoms with van der Waals surface area (Å²) in [5.74, 6) is -0.292. The molecule has 0 bridgehead atoms. The van der Waals surface area contributed by atoms with Crippen LogP contribution in [-0.2, 0) is 9.53 Å². The topological polar surface area (TPSA) is 63.2 Å². The second kappa shape index (κ2) is 9.75. The van der Waals surface area contributed by atoms with Crippen LogP contribution in [0.2, 0.25) is 0 Å². The lowest BCUT2D eigenvalue weighted by atomic mass is 10.2. The van der Waals surface area contributed by atoms with Gasteiger partial charge < -0.3 is 15.4 Å². The van der Waals surface area contributed by atoms with E-state index in [1.54, 1.807) is 0 Å². The number of nitrogens with zero attached hydrogens (tertiary/aromatic N) is 1. The molecule has 0 fully saturated rings. The van der Waals surface area contributed by atoms with Gasteiger partial charge in [0, 0.05) is 11.4 Å². The maximum Gasteiger partial charge on any atom is 0.261 e. The first-order chi connectivity index (χ1) is 10.0. The highest BCUT2D eigenvalue weighted by molar-refractivity contribution is 7.13. The number of carbonyl (C=O) groups is 1. The fraction of sp³-hybridized carbons (Fsp3) is 0.692. The van der Waals surface area contributed by atoms with Crippen molar-refractivity contribution in [2.24, 2.45) is 0 Å². The van der Waals surface area contributed by atoms with Crippen molar-refractivity contribution in [1.29, 1.82) is 0 Å². The molecule has 1 amide bonds. The lowest BCUT2D eigenvalue weighted by Gasteiger charge is -2.09. The van der Waals surface area contributed by atoms with Crippen molar-refractivity contribution in [1.82, 2.24) is 10.3 Å². The zero-order chi connectivity index (χ0) is 15.7. The summed E-state index contributed by atoms with van der Waals surface area (Å²) in [6.07, 6.45) is -1.44. The predicted octanol–water partition coefficient (Wildman–Crippen LogP) is 2.81. The number of hydrogen-bond donors (Lipinski definition) is 2. The van der Waals surface area contributed by atoms with Crippen molar-refractivity contribution < 1.29 is 18.3 Å². The molecule has 1 aromatic heterocycles. The molecule has 0 aliphatic heterocycles. The van der Waals surface area contributed by atoms with Crippen molar-refractivity contribution in [3.05, 3.63) is 11.1 Å². The van der Waals surface area contributed by atoms with Gasteiger partial charge in [-0.2, -0.15) is 0 Å². The van der Waals surface area contributed by atoms with Crippen molar-refractivity contribution in [2.45, 2.75) is 39.2 Å². The SMILES string of the molecule is CCCNC(C)c1csc(NC(=O)CCOCC(F)F)n1. The molecule has 0 radical (unpaired) electrons. The smallest absolute Gasteiger partial charge is 0.261 e. The van der Waals surface area contributed by atoms with Gasteiger partial charge in [-0.3, -0.25) is 4.79 Å². The number of thiazole rings is 1. The number of alkyl halides is 2. The summed E-state index contributed by atoms with van der Waals surface area (Å²) in [6, 6.07) is 0.126. The van der Waals surface area contributed by atoms with E-state index in [2.05, 4.69) is 27.3 Å². The van der Waals surface area contributed by atoms with E-state index >= 15 is 0 Å². The Bertz CT molecular complexity index is 429. The van der Waals surface area contributed by atoms with Gasteiger partial charge in [0.1, 0.15) is 6.61 Å². The Morgan fingerprint density at radius 2 is 2.29 bits per heavy atom. The quantitative estimate of drug-likeness (QED) is 0.651. The van der Waals surface area contributed by atoms with Gasteiger partial charge in [0.05, 0.1) is 18.7 Å². The Kier molecular flexibility index (Phi) is 8.33. The number of anilines is 1. The molecule has 0 aliphatic rings. The van der Waals surface area contributed by atoms with E-state index in [0.717, 1.165) is 18.7 Å². The van der Waals surface area contributed by atoms with Gasteiger partial charge in [-0.1, -0.05) is 6.92 Å². The molecule has 8 heteroatoms. The standard InChI is InChI=1S/C13H21F2N3O2S/c1-3-5-16-9(2)10-8-21-13(17-10)18-12(19)4-6-20-7-11(14)15/h8-9,11,16H,3-7H2,1-2H3,(H,17,18,19). The molecule has 1 aromatic rings. The Balaban J connectivity index is 2.31. The van der Waals surface area contributed by atoms with E-state index in [0.29, 0.717) is 5.13 Å². The second-order valence-corrected chi connectivity index (χ2v) is 5.38. The van der Waals surface area contributed by atoms with Gasteiger partial charge in [0.15, 0.2) is 5.13 Å². The lowest BCUT2D eigenvalue weighted by molar-refractivity contribution is -0.117. The van der Waals surface area contributed by atoms with Crippen molar-refractivity contribution in [3.63, 3.8) is 0 Å². The van der Waals surface area contributed by atoms with Gasteiger partial charge in [-0.25, -0.2) is 13.8 Å². The van der Waals surface area contributed by atoms with Crippen molar-refractivity contribution in [2.75, 3.05) is 25.1 Å². The molecule has 0 saturated heterocycles. The summed E-state index contributed by atoms with van der Waals surface area (Å²) in [5, 5.41) is 8.34. The van der Waals surface area contributed by atoms with Gasteiger partial charge in [0.2, 0.25) is 5.91 Å². The molecule has 1 heterocycles. The average molecular weight is 321 g/mol. The van der Waals surface area contributed by atoms with E-state index in [1.807, 2.05) is 12.3 Å². The monoisotopic (exact) mass is 321 g/mol. The second-order valence-electron chi connectivity index (χ2n) is 4.52. The van der Waals surface area contributed by atoms with Gasteiger partial charge in [-0.15, -0.1) is 11.3 Å². The van der Waals surface area contributed by atoms with Crippen LogP contribution in [0.5, 0.6) is 0 Å². The number of halogens is 2. The highest BCUT2D eigenvalue weighted by Crippen LogP contribution is 2.20. The number of aromatic nitrogens is 1. The predicted molar refractivity (Wildman–Crippen MR) is 78.9 cm³/mol. The Hall–Kier alpha value is -1.12. The van der Waals surface area contributed by atoms with Crippen LogP contribution in [0.15, 0.2) is 5.38 Å². The highest BCUT2D eigenvalue weighted by Gasteiger charge is 2.11. The van der Waals surface area contributed by atoms with Crippen LogP contribution in [0.25, 0.3) is 0 Å². The highest BCUT2D eigenvalue weighted by atomic mass is 32.1. The van der Waals surface area contributed by atoms with Crippen LogP contribution in [0.4, 0.5) is 13.9 Å². The third kappa shape index (κ3) is 7.45. The normalized spacial score (nSPS) is 12.6. The first kappa shape index (κ1) is 17.9. The zero-order valence-electron chi connectivity index (χ0n) is 12.2. The molecule has 2 N–H and O–H groups in total. The molecule has 1 unspecified atom stereocenters. The Morgan fingerprint density at radius 1 is 1.52 bits per heavy atom. The first-order valence-electron chi connectivity index (χ1n) is 6.87. The number of amides is 1. The van der Waals surface area contributed by atoms with Gasteiger partial charge >= 0.3 is 0 Å². The maximum atomic E-state index is 11.8. The molecule has 0 spiro atoms. The molecule has 120 valence electrons. The summed E-state index contributed by atoms with van der Waals surface area (Å²) in [4.78, 5) is 15.9. The molecule has 21 heavy (non-hydrogen) atoms. The minimum absolute atomic E-state index is 0.0249. The molecule has 1 atom stereocenters. The summed E-state index contributed by atoms with van der Waals surface area (Å²) >= 11 is 1.34. The third-order valence-electron chi connectivity index (χ3n) is 2.63. The van der Waals surface area contributed by atoms with Crippen LogP contribution in [0.1, 0.15) is 38.4 Å². The summed E-state index contributed by atoms with van der Waals surface area (Å²) < 4.78 is 28.3. The molecule has 0 aliphatic carbocycles. The molecule has 5 nitrogen and oxygen atoms in total. The van der Waals surface area contributed by atoms with Crippen LogP contribution < -0.4 is 10.6 Å². The first-order valence-corrected chi connectivity index (χ1v) is 7.75. The number of nitrogens with one attached hydrogen (secondary N) is 2. The molecule has 0 aromatic carbocycles. The van der Waals surface area contributed by atoms with Gasteiger partial charge in [-0.05, 0) is 19.9 Å². The Labute approximate surface area is 127 Å². The molecular formula is C13H21F2N3O2S. The fourth-order valence-corrected chi connectivity index (χ4v) is 2.35. The average Bonchev–Trinajstić information content (AvgIpc) is 2.89.